The van der Waals surface area contributed by atoms with Gasteiger partial charge in [-0.05, 0) is 43.5 Å². The predicted octanol–water partition coefficient (Wildman–Crippen LogP) is 3.11. The van der Waals surface area contributed by atoms with Crippen molar-refractivity contribution < 1.29 is 32.2 Å². The summed E-state index contributed by atoms with van der Waals surface area (Å²) in [5.41, 5.74) is 1.12. The number of fused-ring (bicyclic) bond motifs is 1. The molecule has 0 unspecified atom stereocenters. The lowest BCUT2D eigenvalue weighted by atomic mass is 10.1. The van der Waals surface area contributed by atoms with E-state index in [-0.39, 0.29) is 28.7 Å². The molecule has 1 aliphatic rings. The largest absolute Gasteiger partial charge is 0.493 e. The molecule has 2 aromatic carbocycles. The van der Waals surface area contributed by atoms with Gasteiger partial charge in [0.25, 0.3) is 11.8 Å². The second-order valence-corrected chi connectivity index (χ2v) is 11.5. The molecule has 3 aromatic rings. The van der Waals surface area contributed by atoms with Gasteiger partial charge >= 0.3 is 10.2 Å². The molecule has 4 rings (SSSR count). The van der Waals surface area contributed by atoms with Crippen molar-refractivity contribution >= 4 is 39.0 Å². The summed E-state index contributed by atoms with van der Waals surface area (Å²) in [5, 5.41) is 3.37. The van der Waals surface area contributed by atoms with Gasteiger partial charge in [-0.15, -0.1) is 0 Å². The molecule has 0 saturated carbocycles. The molecule has 0 bridgehead atoms. The van der Waals surface area contributed by atoms with Gasteiger partial charge in [0, 0.05) is 49.9 Å². The summed E-state index contributed by atoms with van der Waals surface area (Å²) in [4.78, 5) is 28.9. The Hall–Kier alpha value is -4.03. The van der Waals surface area contributed by atoms with Crippen molar-refractivity contribution in [3.63, 3.8) is 0 Å². The highest BCUT2D eigenvalue weighted by Crippen LogP contribution is 2.38. The van der Waals surface area contributed by atoms with Crippen molar-refractivity contribution in [3.8, 4) is 17.2 Å². The fraction of sp³-hybridized carbons (Fsp3) is 0.357. The lowest BCUT2D eigenvalue weighted by Crippen LogP contribution is -2.41. The third-order valence-corrected chi connectivity index (χ3v) is 8.49. The lowest BCUT2D eigenvalue weighted by molar-refractivity contribution is -0.128. The summed E-state index contributed by atoms with van der Waals surface area (Å²) in [7, 11) is 3.40. The molecule has 0 atom stereocenters. The SMILES string of the molecule is COc1cc(C(=O)NC(=Cc2cn(S(=O)(=O)N(C)C)c3ccccc23)C(=O)N2CCCCC2)cc(OC)c1OC. The van der Waals surface area contributed by atoms with Crippen molar-refractivity contribution in [2.75, 3.05) is 48.5 Å². The van der Waals surface area contributed by atoms with E-state index in [1.165, 1.54) is 59.8 Å². The standard InChI is InChI=1S/C28H34N4O7S/c1-30(2)40(35,36)32-18-20(21-11-7-8-12-23(21)32)15-22(28(34)31-13-9-6-10-14-31)29-27(33)19-16-24(37-3)26(39-5)25(17-19)38-4/h7-8,11-12,15-18H,6,9-10,13-14H2,1-5H3,(H,29,33). The van der Waals surface area contributed by atoms with Crippen LogP contribution in [0.15, 0.2) is 48.3 Å². The molecule has 1 saturated heterocycles. The van der Waals surface area contributed by atoms with Gasteiger partial charge in [0.15, 0.2) is 11.5 Å². The number of methoxy groups -OCH3 is 3. The maximum Gasteiger partial charge on any atom is 0.307 e. The summed E-state index contributed by atoms with van der Waals surface area (Å²) in [6.45, 7) is 1.12. The van der Waals surface area contributed by atoms with E-state index in [1.807, 2.05) is 0 Å². The highest BCUT2D eigenvalue weighted by atomic mass is 32.2. The van der Waals surface area contributed by atoms with Gasteiger partial charge in [-0.1, -0.05) is 18.2 Å². The van der Waals surface area contributed by atoms with E-state index in [0.29, 0.717) is 35.3 Å². The van der Waals surface area contributed by atoms with Crippen molar-refractivity contribution in [3.05, 3.63) is 59.4 Å². The third kappa shape index (κ3) is 5.63. The number of rotatable bonds is 9. The highest BCUT2D eigenvalue weighted by Gasteiger charge is 2.26. The second-order valence-electron chi connectivity index (χ2n) is 9.47. The number of likely N-dealkylation sites (tertiary alicyclic amines) is 1. The minimum atomic E-state index is -3.85. The normalized spacial score (nSPS) is 14.3. The Balaban J connectivity index is 1.82. The number of para-hydroxylation sites is 1. The molecule has 2 amide bonds. The zero-order valence-electron chi connectivity index (χ0n) is 23.3. The minimum absolute atomic E-state index is 0.0193. The molecule has 0 aliphatic carbocycles. The van der Waals surface area contributed by atoms with Crippen LogP contribution in [0.4, 0.5) is 0 Å². The van der Waals surface area contributed by atoms with Crippen LogP contribution in [0.1, 0.15) is 35.2 Å². The van der Waals surface area contributed by atoms with Gasteiger partial charge in [-0.2, -0.15) is 12.7 Å². The fourth-order valence-electron chi connectivity index (χ4n) is 4.64. The first-order valence-electron chi connectivity index (χ1n) is 12.8. The molecule has 0 spiro atoms. The van der Waals surface area contributed by atoms with Crippen LogP contribution >= 0.6 is 0 Å². The van der Waals surface area contributed by atoms with E-state index in [4.69, 9.17) is 14.2 Å². The van der Waals surface area contributed by atoms with Crippen LogP contribution in [0, 0.1) is 0 Å². The molecule has 1 N–H and O–H groups in total. The van der Waals surface area contributed by atoms with Crippen LogP contribution in [0.5, 0.6) is 17.2 Å². The number of hydrogen-bond donors (Lipinski definition) is 1. The first-order valence-corrected chi connectivity index (χ1v) is 14.2. The van der Waals surface area contributed by atoms with E-state index in [2.05, 4.69) is 5.32 Å². The lowest BCUT2D eigenvalue weighted by Gasteiger charge is -2.27. The number of carbonyl (C=O) groups is 2. The van der Waals surface area contributed by atoms with Gasteiger partial charge in [-0.3, -0.25) is 9.59 Å². The zero-order valence-corrected chi connectivity index (χ0v) is 24.1. The van der Waals surface area contributed by atoms with Crippen LogP contribution in [-0.4, -0.2) is 81.9 Å². The first-order chi connectivity index (χ1) is 19.1. The van der Waals surface area contributed by atoms with E-state index in [1.54, 1.807) is 29.2 Å². The van der Waals surface area contributed by atoms with Crippen molar-refractivity contribution in [1.82, 2.24) is 18.5 Å². The van der Waals surface area contributed by atoms with Gasteiger partial charge < -0.3 is 24.4 Å². The number of nitrogens with one attached hydrogen (secondary N) is 1. The number of ether oxygens (including phenoxy) is 3. The van der Waals surface area contributed by atoms with Crippen molar-refractivity contribution in [2.24, 2.45) is 0 Å². The summed E-state index contributed by atoms with van der Waals surface area (Å²) < 4.78 is 44.5. The van der Waals surface area contributed by atoms with Crippen LogP contribution in [0.3, 0.4) is 0 Å². The highest BCUT2D eigenvalue weighted by molar-refractivity contribution is 7.87. The molecule has 12 heteroatoms. The Kier molecular flexibility index (Phi) is 8.70. The Morgan fingerprint density at radius 3 is 2.15 bits per heavy atom. The van der Waals surface area contributed by atoms with E-state index in [0.717, 1.165) is 27.5 Å². The van der Waals surface area contributed by atoms with E-state index < -0.39 is 16.1 Å². The van der Waals surface area contributed by atoms with Crippen LogP contribution in [0.25, 0.3) is 17.0 Å². The summed E-state index contributed by atoms with van der Waals surface area (Å²) in [5.74, 6) is -0.0152. The van der Waals surface area contributed by atoms with Crippen LogP contribution in [0.2, 0.25) is 0 Å². The molecule has 1 fully saturated rings. The molecule has 40 heavy (non-hydrogen) atoms. The number of piperidine rings is 1. The topological polar surface area (TPSA) is 119 Å². The number of carbonyl (C=O) groups excluding carboxylic acids is 2. The number of nitrogens with zero attached hydrogens (tertiary/aromatic N) is 3. The molecule has 11 nitrogen and oxygen atoms in total. The molecule has 1 aromatic heterocycles. The molecule has 214 valence electrons. The average molecular weight is 571 g/mol. The Morgan fingerprint density at radius 2 is 1.57 bits per heavy atom. The summed E-state index contributed by atoms with van der Waals surface area (Å²) in [6, 6.07) is 9.97. The number of amides is 2. The maximum absolute atomic E-state index is 13.7. The molecule has 1 aliphatic heterocycles. The van der Waals surface area contributed by atoms with Gasteiger partial charge in [0.1, 0.15) is 5.70 Å². The molecular formula is C28H34N4O7S. The van der Waals surface area contributed by atoms with Gasteiger partial charge in [-0.25, -0.2) is 3.97 Å². The summed E-state index contributed by atoms with van der Waals surface area (Å²) >= 11 is 0. The predicted molar refractivity (Wildman–Crippen MR) is 152 cm³/mol. The third-order valence-electron chi connectivity index (χ3n) is 6.77. The quantitative estimate of drug-likeness (QED) is 0.393. The Labute approximate surface area is 234 Å². The number of benzene rings is 2. The minimum Gasteiger partial charge on any atom is -0.493 e. The number of hydrogen-bond acceptors (Lipinski definition) is 7. The van der Waals surface area contributed by atoms with Crippen LogP contribution in [-0.2, 0) is 15.0 Å². The van der Waals surface area contributed by atoms with E-state index in [9.17, 15) is 18.0 Å². The Morgan fingerprint density at radius 1 is 0.950 bits per heavy atom. The van der Waals surface area contributed by atoms with Crippen molar-refractivity contribution in [2.45, 2.75) is 19.3 Å². The molecule has 2 heterocycles. The monoisotopic (exact) mass is 570 g/mol. The fourth-order valence-corrected chi connectivity index (χ4v) is 5.64. The number of aromatic nitrogens is 1. The van der Waals surface area contributed by atoms with Crippen LogP contribution < -0.4 is 19.5 Å². The molecular weight excluding hydrogens is 536 g/mol. The van der Waals surface area contributed by atoms with Crippen molar-refractivity contribution in [1.29, 1.82) is 0 Å². The van der Waals surface area contributed by atoms with E-state index >= 15 is 0 Å². The Bertz CT molecular complexity index is 1530. The molecule has 0 radical (unpaired) electrons. The summed E-state index contributed by atoms with van der Waals surface area (Å²) in [6.07, 6.45) is 5.73. The van der Waals surface area contributed by atoms with Gasteiger partial charge in [0.05, 0.1) is 26.8 Å². The van der Waals surface area contributed by atoms with Gasteiger partial charge in [0.2, 0.25) is 5.75 Å². The second kappa shape index (κ2) is 12.0. The smallest absolute Gasteiger partial charge is 0.307 e. The average Bonchev–Trinajstić information content (AvgIpc) is 3.34. The zero-order chi connectivity index (χ0) is 29.0. The maximum atomic E-state index is 13.7. The first kappa shape index (κ1) is 29.0.